The first-order valence-corrected chi connectivity index (χ1v) is 5.68. The number of nitrogens with zero attached hydrogens (tertiary/aromatic N) is 3. The Bertz CT molecular complexity index is 531. The van der Waals surface area contributed by atoms with Gasteiger partial charge in [0.15, 0.2) is 5.82 Å². The van der Waals surface area contributed by atoms with Crippen LogP contribution in [0.1, 0.15) is 31.0 Å². The number of hydrogen-bond acceptors (Lipinski definition) is 5. The number of alkyl halides is 1. The lowest BCUT2D eigenvalue weighted by Gasteiger charge is -1.99. The van der Waals surface area contributed by atoms with Crippen molar-refractivity contribution in [2.24, 2.45) is 0 Å². The summed E-state index contributed by atoms with van der Waals surface area (Å²) in [7, 11) is 0. The van der Waals surface area contributed by atoms with Crippen LogP contribution in [0.3, 0.4) is 0 Å². The normalized spacial score (nSPS) is 12.6. The van der Waals surface area contributed by atoms with E-state index in [1.165, 1.54) is 12.1 Å². The highest BCUT2D eigenvalue weighted by molar-refractivity contribution is 6.20. The van der Waals surface area contributed by atoms with E-state index in [2.05, 4.69) is 20.3 Å². The van der Waals surface area contributed by atoms with Crippen molar-refractivity contribution in [1.82, 2.24) is 20.3 Å². The second kappa shape index (κ2) is 5.09. The Morgan fingerprint density at radius 1 is 1.53 bits per heavy atom. The molecular formula is C10H11ClN4O2. The van der Waals surface area contributed by atoms with Gasteiger partial charge in [0.05, 0.1) is 5.38 Å². The summed E-state index contributed by atoms with van der Waals surface area (Å²) in [6, 6.07) is 2.86. The molecule has 6 nitrogen and oxygen atoms in total. The molecule has 17 heavy (non-hydrogen) atoms. The van der Waals surface area contributed by atoms with E-state index in [4.69, 9.17) is 16.1 Å². The molecule has 1 N–H and O–H groups in total. The molecule has 0 aliphatic carbocycles. The van der Waals surface area contributed by atoms with Crippen molar-refractivity contribution < 1.29 is 4.52 Å². The van der Waals surface area contributed by atoms with E-state index in [9.17, 15) is 4.79 Å². The van der Waals surface area contributed by atoms with Gasteiger partial charge in [-0.3, -0.25) is 4.79 Å². The molecule has 7 heteroatoms. The van der Waals surface area contributed by atoms with Crippen LogP contribution in [0.25, 0.3) is 11.6 Å². The van der Waals surface area contributed by atoms with Crippen LogP contribution in [0.2, 0.25) is 0 Å². The molecule has 0 radical (unpaired) electrons. The molecule has 2 aromatic rings. The lowest BCUT2D eigenvalue weighted by atomic mass is 10.2. The zero-order chi connectivity index (χ0) is 12.3. The standard InChI is InChI=1S/C10H11ClN4O2/c1-2-3-6(11)9-12-10(17-15-9)7-4-5-8(16)14-13-7/h4-6H,2-3H2,1H3,(H,14,16). The van der Waals surface area contributed by atoms with Gasteiger partial charge in [0.2, 0.25) is 0 Å². The van der Waals surface area contributed by atoms with E-state index in [0.29, 0.717) is 11.5 Å². The van der Waals surface area contributed by atoms with Gasteiger partial charge in [-0.2, -0.15) is 10.1 Å². The quantitative estimate of drug-likeness (QED) is 0.843. The largest absolute Gasteiger partial charge is 0.332 e. The molecule has 0 amide bonds. The van der Waals surface area contributed by atoms with Gasteiger partial charge in [-0.05, 0) is 12.5 Å². The third-order valence-corrected chi connectivity index (χ3v) is 2.58. The van der Waals surface area contributed by atoms with E-state index >= 15 is 0 Å². The first-order valence-electron chi connectivity index (χ1n) is 5.24. The summed E-state index contributed by atoms with van der Waals surface area (Å²) in [5.74, 6) is 0.689. The summed E-state index contributed by atoms with van der Waals surface area (Å²) < 4.78 is 5.03. The SMILES string of the molecule is CCCC(Cl)c1noc(-c2ccc(=O)[nH]n2)n1. The summed E-state index contributed by atoms with van der Waals surface area (Å²) in [5, 5.41) is 9.61. The highest BCUT2D eigenvalue weighted by Gasteiger charge is 2.16. The lowest BCUT2D eigenvalue weighted by molar-refractivity contribution is 0.419. The molecule has 0 aliphatic heterocycles. The molecule has 0 fully saturated rings. The van der Waals surface area contributed by atoms with Crippen LogP contribution in [-0.4, -0.2) is 20.3 Å². The second-order valence-electron chi connectivity index (χ2n) is 3.52. The summed E-state index contributed by atoms with van der Waals surface area (Å²) in [4.78, 5) is 15.0. The van der Waals surface area contributed by atoms with Gasteiger partial charge >= 0.3 is 0 Å². The Labute approximate surface area is 102 Å². The van der Waals surface area contributed by atoms with Gasteiger partial charge in [-0.25, -0.2) is 5.10 Å². The fraction of sp³-hybridized carbons (Fsp3) is 0.400. The topological polar surface area (TPSA) is 84.7 Å². The molecule has 0 saturated heterocycles. The Kier molecular flexibility index (Phi) is 3.53. The molecule has 1 atom stereocenters. The number of halogens is 1. The molecular weight excluding hydrogens is 244 g/mol. The molecule has 0 bridgehead atoms. The van der Waals surface area contributed by atoms with Crippen molar-refractivity contribution in [2.45, 2.75) is 25.1 Å². The first-order chi connectivity index (χ1) is 8.20. The van der Waals surface area contributed by atoms with Crippen molar-refractivity contribution in [3.63, 3.8) is 0 Å². The Morgan fingerprint density at radius 2 is 2.35 bits per heavy atom. The summed E-state index contributed by atoms with van der Waals surface area (Å²) in [6.45, 7) is 2.03. The number of aromatic amines is 1. The monoisotopic (exact) mass is 254 g/mol. The van der Waals surface area contributed by atoms with Crippen LogP contribution in [0.15, 0.2) is 21.5 Å². The number of hydrogen-bond donors (Lipinski definition) is 1. The van der Waals surface area contributed by atoms with E-state index in [0.717, 1.165) is 12.8 Å². The number of H-pyrrole nitrogens is 1. The van der Waals surface area contributed by atoms with Gasteiger partial charge in [0.25, 0.3) is 11.4 Å². The van der Waals surface area contributed by atoms with Crippen LogP contribution < -0.4 is 5.56 Å². The smallest absolute Gasteiger partial charge is 0.278 e. The fourth-order valence-corrected chi connectivity index (χ4v) is 1.62. The Hall–Kier alpha value is -1.69. The second-order valence-corrected chi connectivity index (χ2v) is 4.05. The van der Waals surface area contributed by atoms with Crippen LogP contribution >= 0.6 is 11.6 Å². The van der Waals surface area contributed by atoms with E-state index in [1.807, 2.05) is 6.92 Å². The molecule has 0 aliphatic rings. The molecule has 2 rings (SSSR count). The fourth-order valence-electron chi connectivity index (χ4n) is 1.31. The van der Waals surface area contributed by atoms with Gasteiger partial charge in [0, 0.05) is 6.07 Å². The van der Waals surface area contributed by atoms with E-state index in [-0.39, 0.29) is 16.8 Å². The highest BCUT2D eigenvalue weighted by atomic mass is 35.5. The minimum Gasteiger partial charge on any atom is -0.332 e. The third kappa shape index (κ3) is 2.71. The van der Waals surface area contributed by atoms with Crippen LogP contribution in [0.5, 0.6) is 0 Å². The van der Waals surface area contributed by atoms with E-state index < -0.39 is 0 Å². The van der Waals surface area contributed by atoms with Crippen molar-refractivity contribution in [3.05, 3.63) is 28.3 Å². The average Bonchev–Trinajstić information content (AvgIpc) is 2.80. The number of aromatic nitrogens is 4. The summed E-state index contributed by atoms with van der Waals surface area (Å²) >= 11 is 6.07. The van der Waals surface area contributed by atoms with Gasteiger partial charge in [-0.15, -0.1) is 11.6 Å². The van der Waals surface area contributed by atoms with Crippen molar-refractivity contribution in [3.8, 4) is 11.6 Å². The Morgan fingerprint density at radius 3 is 3.00 bits per heavy atom. The van der Waals surface area contributed by atoms with Crippen LogP contribution in [0.4, 0.5) is 0 Å². The number of nitrogens with one attached hydrogen (secondary N) is 1. The molecule has 2 aromatic heterocycles. The summed E-state index contributed by atoms with van der Waals surface area (Å²) in [5.41, 5.74) is 0.137. The highest BCUT2D eigenvalue weighted by Crippen LogP contribution is 2.24. The Balaban J connectivity index is 2.23. The van der Waals surface area contributed by atoms with Crippen LogP contribution in [-0.2, 0) is 0 Å². The lowest BCUT2D eigenvalue weighted by Crippen LogP contribution is -2.05. The zero-order valence-corrected chi connectivity index (χ0v) is 9.94. The molecule has 2 heterocycles. The molecule has 90 valence electrons. The van der Waals surface area contributed by atoms with Crippen molar-refractivity contribution in [1.29, 1.82) is 0 Å². The molecule has 0 spiro atoms. The predicted molar refractivity (Wildman–Crippen MR) is 61.7 cm³/mol. The number of rotatable bonds is 4. The molecule has 0 aromatic carbocycles. The zero-order valence-electron chi connectivity index (χ0n) is 9.18. The minimum absolute atomic E-state index is 0.248. The third-order valence-electron chi connectivity index (χ3n) is 2.16. The maximum absolute atomic E-state index is 10.8. The molecule has 1 unspecified atom stereocenters. The first kappa shape index (κ1) is 11.8. The van der Waals surface area contributed by atoms with E-state index in [1.54, 1.807) is 0 Å². The van der Waals surface area contributed by atoms with Gasteiger partial charge in [-0.1, -0.05) is 18.5 Å². The average molecular weight is 255 g/mol. The molecule has 0 saturated carbocycles. The van der Waals surface area contributed by atoms with Crippen molar-refractivity contribution in [2.75, 3.05) is 0 Å². The summed E-state index contributed by atoms with van der Waals surface area (Å²) in [6.07, 6.45) is 1.72. The van der Waals surface area contributed by atoms with Gasteiger partial charge < -0.3 is 4.52 Å². The van der Waals surface area contributed by atoms with Crippen molar-refractivity contribution >= 4 is 11.6 Å². The van der Waals surface area contributed by atoms with Crippen LogP contribution in [0, 0.1) is 0 Å². The maximum Gasteiger partial charge on any atom is 0.278 e. The van der Waals surface area contributed by atoms with Gasteiger partial charge in [0.1, 0.15) is 5.69 Å². The maximum atomic E-state index is 10.8. The minimum atomic E-state index is -0.283. The predicted octanol–water partition coefficient (Wildman–Crippen LogP) is 1.90.